The van der Waals surface area contributed by atoms with Crippen molar-refractivity contribution in [1.29, 1.82) is 5.41 Å². The van der Waals surface area contributed by atoms with Crippen molar-refractivity contribution in [2.75, 3.05) is 19.6 Å². The molecule has 1 aromatic rings. The van der Waals surface area contributed by atoms with Gasteiger partial charge >= 0.3 is 0 Å². The molecule has 4 N–H and O–H groups in total. The van der Waals surface area contributed by atoms with E-state index in [4.69, 9.17) is 11.1 Å². The van der Waals surface area contributed by atoms with Gasteiger partial charge in [-0.2, -0.15) is 0 Å². The lowest BCUT2D eigenvalue weighted by Gasteiger charge is -2.31. The second-order valence-corrected chi connectivity index (χ2v) is 6.72. The first-order valence-electron chi connectivity index (χ1n) is 6.60. The summed E-state index contributed by atoms with van der Waals surface area (Å²) in [6.07, 6.45) is 1.47. The van der Waals surface area contributed by atoms with E-state index >= 15 is 0 Å². The van der Waals surface area contributed by atoms with Crippen LogP contribution in [0, 0.1) is 5.41 Å². The van der Waals surface area contributed by atoms with Gasteiger partial charge in [-0.25, -0.2) is 13.1 Å². The summed E-state index contributed by atoms with van der Waals surface area (Å²) in [5.74, 6) is 0.147. The zero-order valence-electron chi connectivity index (χ0n) is 11.2. The predicted molar refractivity (Wildman–Crippen MR) is 78.1 cm³/mol. The molecule has 0 aliphatic carbocycles. The molecule has 1 aromatic carbocycles. The number of nitrogens with two attached hydrogens (primary N) is 1. The lowest BCUT2D eigenvalue weighted by Crippen LogP contribution is -2.46. The molecular formula is C13H20N4O2S. The molecule has 1 heterocycles. The Morgan fingerprint density at radius 1 is 1.30 bits per heavy atom. The molecule has 1 aliphatic heterocycles. The first kappa shape index (κ1) is 15.0. The van der Waals surface area contributed by atoms with Gasteiger partial charge in [0, 0.05) is 19.1 Å². The molecule has 0 radical (unpaired) electrons. The molecule has 0 saturated carbocycles. The van der Waals surface area contributed by atoms with Crippen LogP contribution in [0.4, 0.5) is 0 Å². The Kier molecular flexibility index (Phi) is 4.74. The van der Waals surface area contributed by atoms with Gasteiger partial charge in [0.15, 0.2) is 0 Å². The van der Waals surface area contributed by atoms with Crippen molar-refractivity contribution in [1.82, 2.24) is 9.62 Å². The molecule has 0 aromatic heterocycles. The number of hydrogen-bond donors (Lipinski definition) is 3. The normalized spacial score (nSPS) is 18.0. The molecule has 6 nitrogen and oxygen atoms in total. The number of benzene rings is 1. The number of amidine groups is 1. The van der Waals surface area contributed by atoms with Crippen molar-refractivity contribution in [2.45, 2.75) is 23.8 Å². The Balaban J connectivity index is 1.91. The van der Waals surface area contributed by atoms with E-state index in [1.54, 1.807) is 30.3 Å². The highest BCUT2D eigenvalue weighted by Crippen LogP contribution is 2.14. The van der Waals surface area contributed by atoms with Gasteiger partial charge in [0.2, 0.25) is 10.0 Å². The van der Waals surface area contributed by atoms with E-state index in [0.717, 1.165) is 25.9 Å². The highest BCUT2D eigenvalue weighted by atomic mass is 32.2. The van der Waals surface area contributed by atoms with Crippen LogP contribution in [0.25, 0.3) is 0 Å². The summed E-state index contributed by atoms with van der Waals surface area (Å²) in [5.41, 5.74) is 5.37. The summed E-state index contributed by atoms with van der Waals surface area (Å²) in [5, 5.41) is 7.26. The number of likely N-dealkylation sites (tertiary alicyclic amines) is 1. The first-order valence-corrected chi connectivity index (χ1v) is 8.08. The van der Waals surface area contributed by atoms with Gasteiger partial charge in [-0.1, -0.05) is 18.2 Å². The molecule has 1 aliphatic rings. The van der Waals surface area contributed by atoms with Gasteiger partial charge in [0.05, 0.1) is 11.4 Å². The number of nitrogens with one attached hydrogen (secondary N) is 2. The molecule has 110 valence electrons. The van der Waals surface area contributed by atoms with Crippen LogP contribution in [0.2, 0.25) is 0 Å². The third-order valence-corrected chi connectivity index (χ3v) is 4.89. The molecule has 0 spiro atoms. The zero-order chi connectivity index (χ0) is 14.6. The summed E-state index contributed by atoms with van der Waals surface area (Å²) in [7, 11) is -3.44. The lowest BCUT2D eigenvalue weighted by molar-refractivity contribution is 0.231. The Morgan fingerprint density at radius 2 is 1.90 bits per heavy atom. The molecule has 1 saturated heterocycles. The predicted octanol–water partition coefficient (Wildman–Crippen LogP) is 0.365. The summed E-state index contributed by atoms with van der Waals surface area (Å²) >= 11 is 0. The van der Waals surface area contributed by atoms with E-state index in [2.05, 4.69) is 9.62 Å². The third-order valence-electron chi connectivity index (χ3n) is 3.36. The molecule has 2 rings (SSSR count). The fourth-order valence-corrected chi connectivity index (χ4v) is 3.66. The van der Waals surface area contributed by atoms with E-state index in [9.17, 15) is 8.42 Å². The summed E-state index contributed by atoms with van der Waals surface area (Å²) in [6.45, 7) is 1.96. The lowest BCUT2D eigenvalue weighted by atomic mass is 10.1. The minimum atomic E-state index is -3.44. The van der Waals surface area contributed by atoms with Crippen LogP contribution >= 0.6 is 0 Å². The summed E-state index contributed by atoms with van der Waals surface area (Å²) in [4.78, 5) is 2.36. The number of piperidine rings is 1. The van der Waals surface area contributed by atoms with E-state index in [1.807, 2.05) is 0 Å². The van der Waals surface area contributed by atoms with Gasteiger partial charge in [0.1, 0.15) is 5.84 Å². The van der Waals surface area contributed by atoms with Crippen LogP contribution in [0.15, 0.2) is 35.2 Å². The van der Waals surface area contributed by atoms with Crippen LogP contribution in [0.3, 0.4) is 0 Å². The monoisotopic (exact) mass is 296 g/mol. The van der Waals surface area contributed by atoms with Crippen molar-refractivity contribution in [3.05, 3.63) is 30.3 Å². The van der Waals surface area contributed by atoms with Crippen molar-refractivity contribution in [2.24, 2.45) is 5.73 Å². The maximum absolute atomic E-state index is 12.2. The van der Waals surface area contributed by atoms with Crippen LogP contribution in [0.5, 0.6) is 0 Å². The highest BCUT2D eigenvalue weighted by molar-refractivity contribution is 7.89. The SMILES string of the molecule is N=C(N)CN1CCC(NS(=O)(=O)c2ccccc2)CC1. The molecule has 20 heavy (non-hydrogen) atoms. The Hall–Kier alpha value is -1.44. The van der Waals surface area contributed by atoms with E-state index in [0.29, 0.717) is 11.4 Å². The average Bonchev–Trinajstić information content (AvgIpc) is 2.41. The van der Waals surface area contributed by atoms with E-state index in [-0.39, 0.29) is 11.9 Å². The van der Waals surface area contributed by atoms with Gasteiger partial charge in [-0.05, 0) is 25.0 Å². The van der Waals surface area contributed by atoms with E-state index < -0.39 is 10.0 Å². The first-order chi connectivity index (χ1) is 9.47. The molecule has 7 heteroatoms. The largest absolute Gasteiger partial charge is 0.387 e. The van der Waals surface area contributed by atoms with Crippen molar-refractivity contribution in [3.8, 4) is 0 Å². The van der Waals surface area contributed by atoms with Crippen LogP contribution in [-0.2, 0) is 10.0 Å². The van der Waals surface area contributed by atoms with Gasteiger partial charge in [-0.3, -0.25) is 10.3 Å². The Morgan fingerprint density at radius 3 is 2.45 bits per heavy atom. The summed E-state index contributed by atoms with van der Waals surface area (Å²) < 4.78 is 27.1. The molecule has 1 fully saturated rings. The fourth-order valence-electron chi connectivity index (χ4n) is 2.34. The molecular weight excluding hydrogens is 276 g/mol. The number of sulfonamides is 1. The van der Waals surface area contributed by atoms with Crippen LogP contribution in [-0.4, -0.2) is 44.8 Å². The molecule has 0 bridgehead atoms. The minimum Gasteiger partial charge on any atom is -0.387 e. The Bertz CT molecular complexity index is 551. The van der Waals surface area contributed by atoms with E-state index in [1.165, 1.54) is 0 Å². The molecule has 0 amide bonds. The molecule has 0 atom stereocenters. The highest BCUT2D eigenvalue weighted by Gasteiger charge is 2.24. The average molecular weight is 296 g/mol. The zero-order valence-corrected chi connectivity index (χ0v) is 12.1. The van der Waals surface area contributed by atoms with Gasteiger partial charge in [0.25, 0.3) is 0 Å². The second kappa shape index (κ2) is 6.34. The minimum absolute atomic E-state index is 0.0524. The quantitative estimate of drug-likeness (QED) is 0.540. The summed E-state index contributed by atoms with van der Waals surface area (Å²) in [6, 6.07) is 8.34. The smallest absolute Gasteiger partial charge is 0.240 e. The fraction of sp³-hybridized carbons (Fsp3) is 0.462. The van der Waals surface area contributed by atoms with Crippen molar-refractivity contribution >= 4 is 15.9 Å². The van der Waals surface area contributed by atoms with Crippen molar-refractivity contribution in [3.63, 3.8) is 0 Å². The van der Waals surface area contributed by atoms with Gasteiger partial charge < -0.3 is 5.73 Å². The standard InChI is InChI=1S/C13H20N4O2S/c14-13(15)10-17-8-6-11(7-9-17)16-20(18,19)12-4-2-1-3-5-12/h1-5,11,16H,6-10H2,(H3,14,15). The van der Waals surface area contributed by atoms with Crippen LogP contribution < -0.4 is 10.5 Å². The Labute approximate surface area is 119 Å². The number of rotatable bonds is 5. The third kappa shape index (κ3) is 4.03. The maximum atomic E-state index is 12.2. The number of hydrogen-bond acceptors (Lipinski definition) is 4. The van der Waals surface area contributed by atoms with Crippen LogP contribution in [0.1, 0.15) is 12.8 Å². The van der Waals surface area contributed by atoms with Crippen molar-refractivity contribution < 1.29 is 8.42 Å². The molecule has 0 unspecified atom stereocenters. The maximum Gasteiger partial charge on any atom is 0.240 e. The number of nitrogens with zero attached hydrogens (tertiary/aromatic N) is 1. The van der Waals surface area contributed by atoms with Gasteiger partial charge in [-0.15, -0.1) is 0 Å². The topological polar surface area (TPSA) is 99.3 Å². The second-order valence-electron chi connectivity index (χ2n) is 5.01.